The predicted molar refractivity (Wildman–Crippen MR) is 144 cm³/mol. The molecule has 0 radical (unpaired) electrons. The molecule has 220 valence electrons. The van der Waals surface area contributed by atoms with Gasteiger partial charge in [0, 0.05) is 24.6 Å². The van der Waals surface area contributed by atoms with Crippen LogP contribution in [0, 0.1) is 0 Å². The van der Waals surface area contributed by atoms with Gasteiger partial charge >= 0.3 is 5.97 Å². The molecule has 0 bridgehead atoms. The molecule has 2 amide bonds. The number of nitrogens with one attached hydrogen (secondary N) is 2. The average Bonchev–Trinajstić information content (AvgIpc) is 3.20. The highest BCUT2D eigenvalue weighted by Gasteiger charge is 2.22. The fourth-order valence-corrected chi connectivity index (χ4v) is 3.67. The van der Waals surface area contributed by atoms with E-state index in [2.05, 4.69) is 31.8 Å². The molecule has 1 heterocycles. The van der Waals surface area contributed by atoms with E-state index < -0.39 is 36.2 Å². The van der Waals surface area contributed by atoms with E-state index >= 15 is 0 Å². The number of phenolic OH excluding ortho intramolecular Hbond substituents is 1. The summed E-state index contributed by atoms with van der Waals surface area (Å²) in [7, 11) is 6.18. The second-order valence-electron chi connectivity index (χ2n) is 10.3. The summed E-state index contributed by atoms with van der Waals surface area (Å²) in [5, 5.41) is 34.0. The van der Waals surface area contributed by atoms with Gasteiger partial charge in [-0.25, -0.2) is 4.79 Å². The fraction of sp³-hybridized carbons (Fsp3) is 0.481. The number of amides is 2. The first-order valence-electron chi connectivity index (χ1n) is 13.0. The van der Waals surface area contributed by atoms with E-state index in [9.17, 15) is 34.5 Å². The van der Waals surface area contributed by atoms with Gasteiger partial charge in [0.05, 0.1) is 39.9 Å². The fourth-order valence-electron chi connectivity index (χ4n) is 3.67. The lowest BCUT2D eigenvalue weighted by atomic mass is 10.1. The van der Waals surface area contributed by atoms with Crippen molar-refractivity contribution in [2.24, 2.45) is 0 Å². The molecule has 0 aliphatic rings. The van der Waals surface area contributed by atoms with Crippen LogP contribution in [-0.2, 0) is 14.4 Å². The van der Waals surface area contributed by atoms with Crippen molar-refractivity contribution in [3.05, 3.63) is 35.9 Å². The van der Waals surface area contributed by atoms with Crippen molar-refractivity contribution in [1.82, 2.24) is 15.4 Å². The summed E-state index contributed by atoms with van der Waals surface area (Å²) < 4.78 is 6.82. The SMILES string of the molecule is C[N+](C)(C)CCCCC(NC(=O)CCCCOc1ccc(C=O)c(O)c1)C(=O)NCC(=O)On1c(O)ccc1O. The number of benzene rings is 1. The Labute approximate surface area is 232 Å². The Balaban J connectivity index is 1.82. The van der Waals surface area contributed by atoms with Gasteiger partial charge in [-0.2, -0.15) is 0 Å². The van der Waals surface area contributed by atoms with E-state index in [1.165, 1.54) is 12.1 Å². The molecule has 2 rings (SSSR count). The Hall–Kier alpha value is -4.26. The summed E-state index contributed by atoms with van der Waals surface area (Å²) in [5.74, 6) is -2.56. The van der Waals surface area contributed by atoms with Gasteiger partial charge < -0.3 is 40.0 Å². The number of ether oxygens (including phenoxy) is 1. The van der Waals surface area contributed by atoms with Crippen molar-refractivity contribution in [2.75, 3.05) is 40.8 Å². The van der Waals surface area contributed by atoms with Gasteiger partial charge in [-0.3, -0.25) is 14.4 Å². The van der Waals surface area contributed by atoms with Gasteiger partial charge in [0.25, 0.3) is 0 Å². The quantitative estimate of drug-likeness (QED) is 0.107. The average molecular weight is 564 g/mol. The summed E-state index contributed by atoms with van der Waals surface area (Å²) in [4.78, 5) is 53.1. The largest absolute Gasteiger partial charge is 0.507 e. The molecule has 5 N–H and O–H groups in total. The normalized spacial score (nSPS) is 11.9. The summed E-state index contributed by atoms with van der Waals surface area (Å²) in [6.07, 6.45) is 3.59. The van der Waals surface area contributed by atoms with Crippen molar-refractivity contribution in [3.8, 4) is 23.3 Å². The van der Waals surface area contributed by atoms with Crippen LogP contribution in [0.2, 0.25) is 0 Å². The topological polar surface area (TPSA) is 176 Å². The zero-order valence-corrected chi connectivity index (χ0v) is 23.1. The van der Waals surface area contributed by atoms with Crippen molar-refractivity contribution in [2.45, 2.75) is 44.6 Å². The molecule has 13 nitrogen and oxygen atoms in total. The van der Waals surface area contributed by atoms with Crippen LogP contribution in [0.15, 0.2) is 30.3 Å². The number of rotatable bonds is 17. The number of aromatic hydroxyl groups is 3. The first-order chi connectivity index (χ1) is 18.9. The second-order valence-corrected chi connectivity index (χ2v) is 10.3. The molecule has 1 aromatic heterocycles. The van der Waals surface area contributed by atoms with Crippen LogP contribution in [-0.4, -0.2) is 95.5 Å². The molecule has 0 saturated carbocycles. The number of quaternary nitrogens is 1. The van der Waals surface area contributed by atoms with Gasteiger partial charge in [-0.05, 0) is 44.2 Å². The van der Waals surface area contributed by atoms with Crippen LogP contribution >= 0.6 is 0 Å². The molecule has 2 aromatic rings. The molecule has 0 fully saturated rings. The highest BCUT2D eigenvalue weighted by atomic mass is 16.7. The van der Waals surface area contributed by atoms with Crippen LogP contribution in [0.4, 0.5) is 0 Å². The van der Waals surface area contributed by atoms with Crippen molar-refractivity contribution in [1.29, 1.82) is 0 Å². The number of aromatic nitrogens is 1. The third-order valence-electron chi connectivity index (χ3n) is 5.82. The van der Waals surface area contributed by atoms with E-state index in [-0.39, 0.29) is 30.2 Å². The molecular formula is C27H39N4O9+. The number of carbonyl (C=O) groups is 4. The van der Waals surface area contributed by atoms with Crippen LogP contribution in [0.3, 0.4) is 0 Å². The lowest BCUT2D eigenvalue weighted by Crippen LogP contribution is -2.48. The number of aldehydes is 1. The number of unbranched alkanes of at least 4 members (excludes halogenated alkanes) is 2. The van der Waals surface area contributed by atoms with E-state index in [0.717, 1.165) is 29.6 Å². The number of hydrogen-bond donors (Lipinski definition) is 5. The number of nitrogens with zero attached hydrogens (tertiary/aromatic N) is 2. The molecule has 0 aliphatic heterocycles. The first kappa shape index (κ1) is 32.0. The highest BCUT2D eigenvalue weighted by molar-refractivity contribution is 5.89. The van der Waals surface area contributed by atoms with Crippen LogP contribution < -0.4 is 20.2 Å². The van der Waals surface area contributed by atoms with Crippen molar-refractivity contribution >= 4 is 24.1 Å². The summed E-state index contributed by atoms with van der Waals surface area (Å²) in [5.41, 5.74) is 0.163. The summed E-state index contributed by atoms with van der Waals surface area (Å²) in [6, 6.07) is 5.76. The zero-order valence-electron chi connectivity index (χ0n) is 23.1. The number of phenols is 1. The molecular weight excluding hydrogens is 524 g/mol. The molecule has 0 aliphatic carbocycles. The van der Waals surface area contributed by atoms with Crippen LogP contribution in [0.25, 0.3) is 0 Å². The summed E-state index contributed by atoms with van der Waals surface area (Å²) in [6.45, 7) is 0.632. The minimum absolute atomic E-state index is 0.148. The van der Waals surface area contributed by atoms with Gasteiger partial charge in [-0.15, -0.1) is 4.73 Å². The Morgan fingerprint density at radius 1 is 1.00 bits per heavy atom. The standard InChI is InChI=1S/C27H38N4O9/c1-31(2,3)14-6-4-8-21(27(38)28-17-26(37)40-30-24(35)12-13-25(30)36)29-23(34)9-5-7-15-39-20-11-10-19(18-32)22(33)16-20/h10-13,16,18,21H,4-9,14-15,17H2,1-3H3,(H4-,28,29,32,33,34,35,36,38)/p+1. The maximum Gasteiger partial charge on any atom is 0.352 e. The molecule has 13 heteroatoms. The monoisotopic (exact) mass is 563 g/mol. The Morgan fingerprint density at radius 2 is 1.70 bits per heavy atom. The van der Waals surface area contributed by atoms with E-state index in [1.807, 2.05) is 0 Å². The minimum Gasteiger partial charge on any atom is -0.507 e. The second kappa shape index (κ2) is 15.4. The van der Waals surface area contributed by atoms with E-state index in [4.69, 9.17) is 9.57 Å². The van der Waals surface area contributed by atoms with Gasteiger partial charge in [0.2, 0.25) is 23.6 Å². The highest BCUT2D eigenvalue weighted by Crippen LogP contribution is 2.22. The maximum absolute atomic E-state index is 12.8. The molecule has 1 unspecified atom stereocenters. The molecule has 0 saturated heterocycles. The third kappa shape index (κ3) is 11.2. The third-order valence-corrected chi connectivity index (χ3v) is 5.82. The van der Waals surface area contributed by atoms with Gasteiger partial charge in [0.1, 0.15) is 24.1 Å². The number of carbonyl (C=O) groups excluding carboxylic acids is 4. The Kier molecular flexibility index (Phi) is 12.3. The molecule has 40 heavy (non-hydrogen) atoms. The maximum atomic E-state index is 12.8. The van der Waals surface area contributed by atoms with Crippen LogP contribution in [0.5, 0.6) is 23.3 Å². The zero-order chi connectivity index (χ0) is 29.7. The van der Waals surface area contributed by atoms with Crippen molar-refractivity contribution < 1.29 is 48.6 Å². The Bertz CT molecular complexity index is 1140. The Morgan fingerprint density at radius 3 is 2.33 bits per heavy atom. The first-order valence-corrected chi connectivity index (χ1v) is 13.0. The molecule has 1 aromatic carbocycles. The van der Waals surface area contributed by atoms with Crippen LogP contribution in [0.1, 0.15) is 48.9 Å². The summed E-state index contributed by atoms with van der Waals surface area (Å²) >= 11 is 0. The number of hydrogen-bond acceptors (Lipinski definition) is 9. The van der Waals surface area contributed by atoms with Gasteiger partial charge in [-0.1, -0.05) is 0 Å². The molecule has 1 atom stereocenters. The lowest BCUT2D eigenvalue weighted by molar-refractivity contribution is -0.870. The van der Waals surface area contributed by atoms with E-state index in [1.54, 1.807) is 6.07 Å². The van der Waals surface area contributed by atoms with E-state index in [0.29, 0.717) is 42.4 Å². The lowest BCUT2D eigenvalue weighted by Gasteiger charge is -2.24. The smallest absolute Gasteiger partial charge is 0.352 e. The predicted octanol–water partition coefficient (Wildman–Crippen LogP) is 1.10. The van der Waals surface area contributed by atoms with Gasteiger partial charge in [0.15, 0.2) is 6.29 Å². The van der Waals surface area contributed by atoms with Crippen molar-refractivity contribution in [3.63, 3.8) is 0 Å². The minimum atomic E-state index is -0.931. The molecule has 0 spiro atoms.